The predicted molar refractivity (Wildman–Crippen MR) is 154 cm³/mol. The first kappa shape index (κ1) is 37.5. The summed E-state index contributed by atoms with van der Waals surface area (Å²) in [5.41, 5.74) is 1.69. The van der Waals surface area contributed by atoms with Gasteiger partial charge in [0.25, 0.3) is 0 Å². The smallest absolute Gasteiger partial charge is 0.434 e. The normalized spacial score (nSPS) is 32.9. The molecule has 2 fully saturated rings. The second kappa shape index (κ2) is 17.2. The molecule has 0 saturated carbocycles. The number of rotatable bonds is 14. The average molecular weight is 649 g/mol. The van der Waals surface area contributed by atoms with Crippen LogP contribution in [0.25, 0.3) is 0 Å². The van der Waals surface area contributed by atoms with Crippen LogP contribution in [-0.4, -0.2) is 141 Å². The van der Waals surface area contributed by atoms with Crippen molar-refractivity contribution in [3.8, 4) is 5.75 Å². The molecule has 1 aromatic rings. The van der Waals surface area contributed by atoms with Gasteiger partial charge in [0.1, 0.15) is 54.6 Å². The molecule has 15 heteroatoms. The van der Waals surface area contributed by atoms with Gasteiger partial charge in [0.2, 0.25) is 0 Å². The van der Waals surface area contributed by atoms with E-state index in [0.717, 1.165) is 11.1 Å². The lowest BCUT2D eigenvalue weighted by Gasteiger charge is -2.40. The summed E-state index contributed by atoms with van der Waals surface area (Å²) in [5.74, 6) is -0.0577. The minimum atomic E-state index is -1.66. The summed E-state index contributed by atoms with van der Waals surface area (Å²) in [7, 11) is 0. The molecule has 0 aliphatic carbocycles. The maximum Gasteiger partial charge on any atom is 0.513 e. The van der Waals surface area contributed by atoms with Gasteiger partial charge in [-0.2, -0.15) is 0 Å². The highest BCUT2D eigenvalue weighted by atomic mass is 16.7. The minimum absolute atomic E-state index is 0.0787. The number of aliphatic hydroxyl groups excluding tert-OH is 8. The Kier molecular flexibility index (Phi) is 14.4. The SMILES string of the molecule is CC(C)c1cccc(C(C)C)c1OC(=O)OCCC(COC1OC(CO)C(O)C(O)C1O)COC1OC(CO)C(O)C(O)C1O. The third-order valence-electron chi connectivity index (χ3n) is 7.94. The summed E-state index contributed by atoms with van der Waals surface area (Å²) in [6.45, 7) is 5.98. The van der Waals surface area contributed by atoms with Crippen molar-refractivity contribution in [3.05, 3.63) is 29.3 Å². The molecule has 0 amide bonds. The molecule has 3 rings (SSSR count). The van der Waals surface area contributed by atoms with Crippen molar-refractivity contribution in [1.29, 1.82) is 0 Å². The van der Waals surface area contributed by atoms with Crippen molar-refractivity contribution in [3.63, 3.8) is 0 Å². The number of aliphatic hydroxyl groups is 8. The lowest BCUT2D eigenvalue weighted by molar-refractivity contribution is -0.312. The Labute approximate surface area is 261 Å². The Balaban J connectivity index is 1.67. The van der Waals surface area contributed by atoms with Crippen LogP contribution in [0.15, 0.2) is 18.2 Å². The maximum absolute atomic E-state index is 12.7. The summed E-state index contributed by atoms with van der Waals surface area (Å²) in [5, 5.41) is 79.8. The molecule has 0 aromatic heterocycles. The third kappa shape index (κ3) is 9.53. The molecular weight excluding hydrogens is 600 g/mol. The zero-order valence-electron chi connectivity index (χ0n) is 25.9. The van der Waals surface area contributed by atoms with Crippen molar-refractivity contribution >= 4 is 6.16 Å². The van der Waals surface area contributed by atoms with E-state index in [1.165, 1.54) is 0 Å². The van der Waals surface area contributed by atoms with E-state index >= 15 is 0 Å². The minimum Gasteiger partial charge on any atom is -0.434 e. The number of hydrogen-bond acceptors (Lipinski definition) is 15. The fourth-order valence-electron chi connectivity index (χ4n) is 5.11. The molecule has 2 saturated heterocycles. The quantitative estimate of drug-likeness (QED) is 0.0901. The van der Waals surface area contributed by atoms with Gasteiger partial charge in [-0.1, -0.05) is 45.9 Å². The van der Waals surface area contributed by atoms with Gasteiger partial charge in [0.05, 0.1) is 33.0 Å². The highest BCUT2D eigenvalue weighted by Gasteiger charge is 2.45. The van der Waals surface area contributed by atoms with Crippen molar-refractivity contribution in [2.45, 2.75) is 107 Å². The largest absolute Gasteiger partial charge is 0.513 e. The van der Waals surface area contributed by atoms with E-state index in [-0.39, 0.29) is 38.1 Å². The highest BCUT2D eigenvalue weighted by molar-refractivity contribution is 5.66. The Hall–Kier alpha value is -1.99. The molecule has 0 radical (unpaired) electrons. The van der Waals surface area contributed by atoms with Gasteiger partial charge >= 0.3 is 6.16 Å². The van der Waals surface area contributed by atoms with Gasteiger partial charge in [-0.3, -0.25) is 0 Å². The van der Waals surface area contributed by atoms with Gasteiger partial charge in [-0.25, -0.2) is 4.79 Å². The summed E-state index contributed by atoms with van der Waals surface area (Å²) in [4.78, 5) is 12.7. The zero-order valence-corrected chi connectivity index (χ0v) is 25.9. The van der Waals surface area contributed by atoms with Crippen molar-refractivity contribution in [1.82, 2.24) is 0 Å². The molecule has 0 spiro atoms. The van der Waals surface area contributed by atoms with Gasteiger partial charge in [-0.05, 0) is 29.4 Å². The molecule has 258 valence electrons. The first-order valence-corrected chi connectivity index (χ1v) is 15.1. The molecular formula is C30H48O15. The summed E-state index contributed by atoms with van der Waals surface area (Å²) in [6, 6.07) is 5.65. The standard InChI is InChI=1S/C30H48O15/c1-14(2)17-6-5-7-18(15(3)4)27(17)45-30(39)40-9-8-16(12-41-28-25(37)23(35)21(33)19(10-31)43-28)13-42-29-26(38)24(36)22(34)20(11-32)44-29/h5-7,14-16,19-26,28-29,31-38H,8-13H2,1-4H3. The summed E-state index contributed by atoms with van der Waals surface area (Å²) in [6.07, 6.45) is -15.9. The molecule has 2 aliphatic rings. The van der Waals surface area contributed by atoms with Crippen LogP contribution in [-0.2, 0) is 23.7 Å². The van der Waals surface area contributed by atoms with Crippen molar-refractivity contribution in [2.24, 2.45) is 5.92 Å². The van der Waals surface area contributed by atoms with Crippen LogP contribution < -0.4 is 4.74 Å². The molecule has 45 heavy (non-hydrogen) atoms. The van der Waals surface area contributed by atoms with Gasteiger partial charge < -0.3 is 69.3 Å². The Morgan fingerprint density at radius 2 is 1.18 bits per heavy atom. The molecule has 0 bridgehead atoms. The van der Waals surface area contributed by atoms with E-state index in [1.54, 1.807) is 0 Å². The average Bonchev–Trinajstić information content (AvgIpc) is 3.01. The lowest BCUT2D eigenvalue weighted by atomic mass is 9.94. The molecule has 8 N–H and O–H groups in total. The first-order valence-electron chi connectivity index (χ1n) is 15.1. The second-order valence-electron chi connectivity index (χ2n) is 12.0. The number of hydrogen-bond donors (Lipinski definition) is 8. The predicted octanol–water partition coefficient (Wildman–Crippen LogP) is -0.912. The summed E-state index contributed by atoms with van der Waals surface area (Å²) < 4.78 is 33.1. The highest BCUT2D eigenvalue weighted by Crippen LogP contribution is 2.35. The van der Waals surface area contributed by atoms with E-state index in [9.17, 15) is 45.6 Å². The number of benzene rings is 1. The van der Waals surface area contributed by atoms with E-state index < -0.39 is 86.7 Å². The zero-order chi connectivity index (χ0) is 33.4. The van der Waals surface area contributed by atoms with Crippen molar-refractivity contribution < 1.29 is 74.1 Å². The fourth-order valence-corrected chi connectivity index (χ4v) is 5.11. The molecule has 15 nitrogen and oxygen atoms in total. The monoisotopic (exact) mass is 648 g/mol. The van der Waals surface area contributed by atoms with Crippen LogP contribution >= 0.6 is 0 Å². The van der Waals surface area contributed by atoms with E-state index in [2.05, 4.69) is 0 Å². The topological polar surface area (TPSA) is 234 Å². The lowest BCUT2D eigenvalue weighted by Crippen LogP contribution is -2.59. The van der Waals surface area contributed by atoms with Crippen molar-refractivity contribution in [2.75, 3.05) is 33.0 Å². The fraction of sp³-hybridized carbons (Fsp3) is 0.767. The van der Waals surface area contributed by atoms with Crippen LogP contribution in [0.4, 0.5) is 4.79 Å². The number of carbonyl (C=O) groups is 1. The number of ether oxygens (including phenoxy) is 6. The third-order valence-corrected chi connectivity index (χ3v) is 7.94. The molecule has 2 aliphatic heterocycles. The Bertz CT molecular complexity index is 984. The molecule has 2 heterocycles. The first-order chi connectivity index (χ1) is 21.3. The number of carbonyl (C=O) groups excluding carboxylic acids is 1. The van der Waals surface area contributed by atoms with Crippen LogP contribution in [0.1, 0.15) is 57.1 Å². The molecule has 10 atom stereocenters. The van der Waals surface area contributed by atoms with Crippen LogP contribution in [0.2, 0.25) is 0 Å². The maximum atomic E-state index is 12.7. The Morgan fingerprint density at radius 1 is 0.733 bits per heavy atom. The van der Waals surface area contributed by atoms with E-state index in [0.29, 0.717) is 5.75 Å². The number of para-hydroxylation sites is 1. The van der Waals surface area contributed by atoms with Gasteiger partial charge in [0.15, 0.2) is 12.6 Å². The van der Waals surface area contributed by atoms with E-state index in [4.69, 9.17) is 28.4 Å². The Morgan fingerprint density at radius 3 is 1.58 bits per heavy atom. The van der Waals surface area contributed by atoms with E-state index in [1.807, 2.05) is 45.9 Å². The molecule has 1 aromatic carbocycles. The summed E-state index contributed by atoms with van der Waals surface area (Å²) >= 11 is 0. The van der Waals surface area contributed by atoms with Gasteiger partial charge in [0, 0.05) is 5.92 Å². The molecule has 10 unspecified atom stereocenters. The second-order valence-corrected chi connectivity index (χ2v) is 12.0. The van der Waals surface area contributed by atoms with Gasteiger partial charge in [-0.15, -0.1) is 0 Å². The van der Waals surface area contributed by atoms with Crippen LogP contribution in [0.5, 0.6) is 5.75 Å². The van der Waals surface area contributed by atoms with Crippen LogP contribution in [0, 0.1) is 5.92 Å². The van der Waals surface area contributed by atoms with Crippen LogP contribution in [0.3, 0.4) is 0 Å².